The minimum Gasteiger partial charge on any atom is -0.480 e. The van der Waals surface area contributed by atoms with Crippen molar-refractivity contribution >= 4 is 41.5 Å². The highest BCUT2D eigenvalue weighted by Crippen LogP contribution is 2.24. The molecule has 0 radical (unpaired) electrons. The van der Waals surface area contributed by atoms with Crippen LogP contribution >= 0.6 is 11.8 Å². The van der Waals surface area contributed by atoms with Crippen molar-refractivity contribution in [2.45, 2.75) is 45.7 Å². The SMILES string of the molecule is CCOC(=O)C(C)(C)CSC[C@H](NC(=O)CC[C@H](N)C(=O)O)C(=O)NCC(=O)O. The molecule has 0 aromatic carbocycles. The van der Waals surface area contributed by atoms with Crippen molar-refractivity contribution in [1.82, 2.24) is 10.6 Å². The zero-order valence-electron chi connectivity index (χ0n) is 16.7. The van der Waals surface area contributed by atoms with Gasteiger partial charge in [0.15, 0.2) is 0 Å². The van der Waals surface area contributed by atoms with Gasteiger partial charge in [0, 0.05) is 17.9 Å². The van der Waals surface area contributed by atoms with Crippen LogP contribution in [0.2, 0.25) is 0 Å². The van der Waals surface area contributed by atoms with Gasteiger partial charge in [0.2, 0.25) is 11.8 Å². The lowest BCUT2D eigenvalue weighted by Gasteiger charge is -2.23. The van der Waals surface area contributed by atoms with Crippen LogP contribution in [0.1, 0.15) is 33.6 Å². The maximum atomic E-state index is 12.2. The van der Waals surface area contributed by atoms with Crippen molar-refractivity contribution < 1.29 is 38.9 Å². The van der Waals surface area contributed by atoms with E-state index in [1.165, 1.54) is 11.8 Å². The zero-order chi connectivity index (χ0) is 22.6. The van der Waals surface area contributed by atoms with E-state index in [-0.39, 0.29) is 25.2 Å². The molecule has 0 unspecified atom stereocenters. The van der Waals surface area contributed by atoms with Gasteiger partial charge in [-0.15, -0.1) is 0 Å². The maximum Gasteiger partial charge on any atom is 0.322 e. The van der Waals surface area contributed by atoms with E-state index in [0.717, 1.165) is 0 Å². The molecule has 0 aromatic rings. The summed E-state index contributed by atoms with van der Waals surface area (Å²) in [5.74, 6) is -3.81. The van der Waals surface area contributed by atoms with Gasteiger partial charge in [-0.25, -0.2) is 0 Å². The first-order chi connectivity index (χ1) is 13.4. The molecule has 29 heavy (non-hydrogen) atoms. The molecule has 0 aliphatic carbocycles. The van der Waals surface area contributed by atoms with E-state index in [0.29, 0.717) is 5.75 Å². The molecule has 0 aliphatic rings. The highest BCUT2D eigenvalue weighted by Gasteiger charge is 2.30. The smallest absolute Gasteiger partial charge is 0.322 e. The Balaban J connectivity index is 4.86. The summed E-state index contributed by atoms with van der Waals surface area (Å²) >= 11 is 1.21. The van der Waals surface area contributed by atoms with Crippen LogP contribution in [0.25, 0.3) is 0 Å². The van der Waals surface area contributed by atoms with Crippen LogP contribution in [0, 0.1) is 5.41 Å². The van der Waals surface area contributed by atoms with Crippen LogP contribution in [0.15, 0.2) is 0 Å². The average molecular weight is 435 g/mol. The van der Waals surface area contributed by atoms with Gasteiger partial charge in [-0.1, -0.05) is 0 Å². The lowest BCUT2D eigenvalue weighted by molar-refractivity contribution is -0.152. The summed E-state index contributed by atoms with van der Waals surface area (Å²) in [6.45, 7) is 4.68. The molecule has 0 aromatic heterocycles. The molecule has 0 rings (SSSR count). The first kappa shape index (κ1) is 26.7. The molecule has 0 spiro atoms. The molecule has 11 nitrogen and oxygen atoms in total. The molecule has 0 bridgehead atoms. The molecule has 0 aliphatic heterocycles. The third kappa shape index (κ3) is 11.3. The maximum absolute atomic E-state index is 12.2. The van der Waals surface area contributed by atoms with Crippen molar-refractivity contribution in [2.24, 2.45) is 11.1 Å². The number of nitrogens with one attached hydrogen (secondary N) is 2. The normalized spacial score (nSPS) is 13.1. The fourth-order valence-electron chi connectivity index (χ4n) is 1.96. The monoisotopic (exact) mass is 435 g/mol. The summed E-state index contributed by atoms with van der Waals surface area (Å²) in [6.07, 6.45) is -0.331. The number of hydrogen-bond acceptors (Lipinski definition) is 8. The summed E-state index contributed by atoms with van der Waals surface area (Å²) in [5.41, 5.74) is 4.53. The molecule has 12 heteroatoms. The topological polar surface area (TPSA) is 185 Å². The standard InChI is InChI=1S/C17H29N3O8S/c1-4-28-16(27)17(2,3)9-29-8-11(14(24)19-7-13(22)23)20-12(21)6-5-10(18)15(25)26/h10-11H,4-9,18H2,1-3H3,(H,19,24)(H,20,21)(H,22,23)(H,25,26)/t10-,11-/m0/s1. The summed E-state index contributed by atoms with van der Waals surface area (Å²) < 4.78 is 4.99. The number of aliphatic carboxylic acids is 2. The molecular weight excluding hydrogens is 406 g/mol. The van der Waals surface area contributed by atoms with Gasteiger partial charge in [0.25, 0.3) is 0 Å². The number of hydrogen-bond donors (Lipinski definition) is 5. The Morgan fingerprint density at radius 2 is 1.79 bits per heavy atom. The summed E-state index contributed by atoms with van der Waals surface area (Å²) in [5, 5.41) is 22.1. The predicted octanol–water partition coefficient (Wildman–Crippen LogP) is -0.813. The van der Waals surface area contributed by atoms with Crippen LogP contribution in [-0.2, 0) is 28.7 Å². The van der Waals surface area contributed by atoms with E-state index in [4.69, 9.17) is 20.7 Å². The number of rotatable bonds is 14. The number of carbonyl (C=O) groups is 5. The molecule has 0 saturated heterocycles. The number of amides is 2. The van der Waals surface area contributed by atoms with Crippen molar-refractivity contribution in [3.8, 4) is 0 Å². The number of esters is 1. The molecule has 166 valence electrons. The summed E-state index contributed by atoms with van der Waals surface area (Å²) in [7, 11) is 0. The highest BCUT2D eigenvalue weighted by atomic mass is 32.2. The van der Waals surface area contributed by atoms with Crippen LogP contribution in [0.4, 0.5) is 0 Å². The van der Waals surface area contributed by atoms with Gasteiger partial charge >= 0.3 is 17.9 Å². The number of ether oxygens (including phenoxy) is 1. The summed E-state index contributed by atoms with van der Waals surface area (Å²) in [4.78, 5) is 57.5. The van der Waals surface area contributed by atoms with Crippen LogP contribution in [0.3, 0.4) is 0 Å². The van der Waals surface area contributed by atoms with Crippen molar-refractivity contribution in [3.63, 3.8) is 0 Å². The van der Waals surface area contributed by atoms with Gasteiger partial charge in [-0.2, -0.15) is 11.8 Å². The Labute approximate surface area is 173 Å². The largest absolute Gasteiger partial charge is 0.480 e. The van der Waals surface area contributed by atoms with Crippen molar-refractivity contribution in [3.05, 3.63) is 0 Å². The fourth-order valence-corrected chi connectivity index (χ4v) is 3.18. The minimum atomic E-state index is -1.25. The number of carbonyl (C=O) groups excluding carboxylic acids is 3. The van der Waals surface area contributed by atoms with E-state index in [1.54, 1.807) is 20.8 Å². The Morgan fingerprint density at radius 1 is 1.17 bits per heavy atom. The van der Waals surface area contributed by atoms with Gasteiger partial charge in [0.1, 0.15) is 18.6 Å². The zero-order valence-corrected chi connectivity index (χ0v) is 17.5. The van der Waals surface area contributed by atoms with Crippen molar-refractivity contribution in [2.75, 3.05) is 24.7 Å². The second-order valence-electron chi connectivity index (χ2n) is 6.83. The quantitative estimate of drug-likeness (QED) is 0.216. The van der Waals surface area contributed by atoms with E-state index in [2.05, 4.69) is 10.6 Å². The second kappa shape index (κ2) is 13.0. The third-order valence-corrected chi connectivity index (χ3v) is 5.14. The number of nitrogens with two attached hydrogens (primary N) is 1. The summed E-state index contributed by atoms with van der Waals surface area (Å²) in [6, 6.07) is -2.27. The molecule has 2 atom stereocenters. The van der Waals surface area contributed by atoms with Crippen LogP contribution in [-0.4, -0.2) is 76.7 Å². The fraction of sp³-hybridized carbons (Fsp3) is 0.706. The molecule has 0 saturated carbocycles. The number of carboxylic acids is 2. The lowest BCUT2D eigenvalue weighted by Crippen LogP contribution is -2.49. The van der Waals surface area contributed by atoms with Gasteiger partial charge in [-0.05, 0) is 27.2 Å². The Kier molecular flexibility index (Phi) is 11.9. The molecule has 0 heterocycles. The number of carboxylic acid groups (broad SMARTS) is 2. The van der Waals surface area contributed by atoms with Gasteiger partial charge in [0.05, 0.1) is 12.0 Å². The van der Waals surface area contributed by atoms with Crippen molar-refractivity contribution in [1.29, 1.82) is 0 Å². The van der Waals surface area contributed by atoms with Gasteiger partial charge < -0.3 is 31.3 Å². The minimum absolute atomic E-state index is 0.0744. The molecule has 6 N–H and O–H groups in total. The van der Waals surface area contributed by atoms with E-state index >= 15 is 0 Å². The first-order valence-electron chi connectivity index (χ1n) is 8.93. The predicted molar refractivity (Wildman–Crippen MR) is 105 cm³/mol. The third-order valence-electron chi connectivity index (χ3n) is 3.64. The highest BCUT2D eigenvalue weighted by molar-refractivity contribution is 7.99. The first-order valence-corrected chi connectivity index (χ1v) is 10.1. The Bertz CT molecular complexity index is 611. The lowest BCUT2D eigenvalue weighted by atomic mass is 9.97. The number of thioether (sulfide) groups is 1. The molecule has 0 fully saturated rings. The van der Waals surface area contributed by atoms with Crippen LogP contribution < -0.4 is 16.4 Å². The molecule has 2 amide bonds. The van der Waals surface area contributed by atoms with E-state index < -0.39 is 53.8 Å². The van der Waals surface area contributed by atoms with Crippen LogP contribution in [0.5, 0.6) is 0 Å². The average Bonchev–Trinajstić information content (AvgIpc) is 2.63. The Morgan fingerprint density at radius 3 is 2.31 bits per heavy atom. The van der Waals surface area contributed by atoms with E-state index in [1.807, 2.05) is 0 Å². The molecular formula is C17H29N3O8S. The van der Waals surface area contributed by atoms with E-state index in [9.17, 15) is 24.0 Å². The second-order valence-corrected chi connectivity index (χ2v) is 7.86. The Hall–Kier alpha value is -2.34. The van der Waals surface area contributed by atoms with Gasteiger partial charge in [-0.3, -0.25) is 24.0 Å².